The molecule has 0 atom stereocenters. The van der Waals surface area contributed by atoms with Gasteiger partial charge in [-0.05, 0) is 24.1 Å². The smallest absolute Gasteiger partial charge is 0.0557 e. The molecule has 0 radical (unpaired) electrons. The molecule has 1 saturated heterocycles. The summed E-state index contributed by atoms with van der Waals surface area (Å²) in [5.41, 5.74) is 9.21. The molecule has 2 rings (SSSR count). The van der Waals surface area contributed by atoms with Crippen LogP contribution in [0.5, 0.6) is 0 Å². The number of nitrogen functional groups attached to an aromatic ring is 1. The Balaban J connectivity index is 0.000000641. The van der Waals surface area contributed by atoms with E-state index in [0.717, 1.165) is 16.7 Å². The molecule has 1 aromatic rings. The highest BCUT2D eigenvalue weighted by molar-refractivity contribution is 6.32. The quantitative estimate of drug-likeness (QED) is 0.609. The zero-order valence-electron chi connectivity index (χ0n) is 13.2. The lowest BCUT2D eigenvalue weighted by molar-refractivity contribution is 0.00821. The molecule has 0 amide bonds. The van der Waals surface area contributed by atoms with Gasteiger partial charge in [-0.3, -0.25) is 0 Å². The highest BCUT2D eigenvalue weighted by atomic mass is 35.5. The molecule has 1 aliphatic heterocycles. The fraction of sp³-hybridized carbons (Fsp3) is 0.562. The van der Waals surface area contributed by atoms with Gasteiger partial charge in [-0.2, -0.15) is 0 Å². The molecule has 0 aliphatic carbocycles. The minimum absolute atomic E-state index is 0.358. The van der Waals surface area contributed by atoms with E-state index in [4.69, 9.17) is 27.5 Å². The molecule has 1 heterocycles. The Morgan fingerprint density at radius 1 is 1.40 bits per heavy atom. The predicted octanol–water partition coefficient (Wildman–Crippen LogP) is 4.78. The van der Waals surface area contributed by atoms with Crippen molar-refractivity contribution in [2.75, 3.05) is 18.9 Å². The van der Waals surface area contributed by atoms with Crippen molar-refractivity contribution in [3.63, 3.8) is 0 Å². The maximum Gasteiger partial charge on any atom is 0.0557 e. The van der Waals surface area contributed by atoms with Gasteiger partial charge >= 0.3 is 0 Å². The summed E-state index contributed by atoms with van der Waals surface area (Å²) in [5, 5.41) is 8.01. The van der Waals surface area contributed by atoms with Gasteiger partial charge in [-0.25, -0.2) is 0 Å². The Bertz CT molecular complexity index is 429. The number of hydrogen-bond acceptors (Lipinski definition) is 3. The van der Waals surface area contributed by atoms with Crippen molar-refractivity contribution in [2.45, 2.75) is 47.0 Å². The lowest BCUT2D eigenvalue weighted by atomic mass is 9.90. The van der Waals surface area contributed by atoms with Crippen molar-refractivity contribution < 1.29 is 4.74 Å². The summed E-state index contributed by atoms with van der Waals surface area (Å²) in [6, 6.07) is 1.72. The summed E-state index contributed by atoms with van der Waals surface area (Å²) in [5.74, 6) is 0.358. The van der Waals surface area contributed by atoms with Crippen LogP contribution in [-0.2, 0) is 4.74 Å². The fourth-order valence-corrected chi connectivity index (χ4v) is 2.34. The minimum Gasteiger partial charge on any atom is -0.398 e. The van der Waals surface area contributed by atoms with Crippen LogP contribution in [0.4, 0.5) is 5.69 Å². The van der Waals surface area contributed by atoms with Crippen LogP contribution < -0.4 is 5.73 Å². The molecule has 0 spiro atoms. The zero-order chi connectivity index (χ0) is 15.7. The number of nitrogens with two attached hydrogens (primary N) is 1. The van der Waals surface area contributed by atoms with Gasteiger partial charge in [0, 0.05) is 28.4 Å². The van der Waals surface area contributed by atoms with E-state index >= 15 is 0 Å². The van der Waals surface area contributed by atoms with Crippen molar-refractivity contribution in [3.8, 4) is 0 Å². The van der Waals surface area contributed by atoms with Crippen LogP contribution in [0.1, 0.15) is 56.7 Å². The topological polar surface area (TPSA) is 59.1 Å². The van der Waals surface area contributed by atoms with Gasteiger partial charge in [0.15, 0.2) is 0 Å². The van der Waals surface area contributed by atoms with Gasteiger partial charge < -0.3 is 15.9 Å². The van der Waals surface area contributed by atoms with Crippen molar-refractivity contribution in [2.24, 2.45) is 0 Å². The first-order chi connectivity index (χ1) is 9.56. The van der Waals surface area contributed by atoms with E-state index in [-0.39, 0.29) is 0 Å². The third-order valence-electron chi connectivity index (χ3n) is 2.85. The maximum absolute atomic E-state index is 7.33. The second kappa shape index (κ2) is 9.78. The van der Waals surface area contributed by atoms with E-state index in [1.807, 2.05) is 20.8 Å². The Hall–Kier alpha value is -1.06. The number of hydrogen-bond donors (Lipinski definition) is 2. The van der Waals surface area contributed by atoms with Crippen LogP contribution in [0.2, 0.25) is 5.02 Å². The molecular formula is C16H27ClN2O. The second-order valence-corrected chi connectivity index (χ2v) is 4.89. The first kappa shape index (κ1) is 18.9. The lowest BCUT2D eigenvalue weighted by Gasteiger charge is -2.29. The molecule has 20 heavy (non-hydrogen) atoms. The van der Waals surface area contributed by atoms with Crippen LogP contribution in [0.15, 0.2) is 6.07 Å². The summed E-state index contributed by atoms with van der Waals surface area (Å²) >= 11 is 6.16. The molecule has 0 unspecified atom stereocenters. The summed E-state index contributed by atoms with van der Waals surface area (Å²) < 4.78 is 5.16. The van der Waals surface area contributed by atoms with Crippen molar-refractivity contribution in [1.82, 2.24) is 0 Å². The Morgan fingerprint density at radius 3 is 2.25 bits per heavy atom. The Morgan fingerprint density at radius 2 is 1.90 bits per heavy atom. The molecule has 0 bridgehead atoms. The third-order valence-corrected chi connectivity index (χ3v) is 3.16. The highest BCUT2D eigenvalue weighted by Gasteiger charge is 2.26. The molecule has 3 N–H and O–H groups in total. The van der Waals surface area contributed by atoms with E-state index in [1.165, 1.54) is 12.6 Å². The first-order valence-electron chi connectivity index (χ1n) is 7.23. The average Bonchev–Trinajstić information content (AvgIpc) is 2.36. The van der Waals surface area contributed by atoms with E-state index in [0.29, 0.717) is 29.8 Å². The average molecular weight is 299 g/mol. The Labute approximate surface area is 128 Å². The largest absolute Gasteiger partial charge is 0.398 e. The second-order valence-electron chi connectivity index (χ2n) is 4.49. The zero-order valence-corrected chi connectivity index (χ0v) is 14.0. The summed E-state index contributed by atoms with van der Waals surface area (Å²) in [6.07, 6.45) is 2.53. The van der Waals surface area contributed by atoms with Crippen LogP contribution in [0.25, 0.3) is 0 Å². The molecule has 4 heteroatoms. The first-order valence-corrected chi connectivity index (χ1v) is 7.61. The lowest BCUT2D eigenvalue weighted by Crippen LogP contribution is -2.26. The van der Waals surface area contributed by atoms with Crippen LogP contribution in [-0.4, -0.2) is 19.4 Å². The van der Waals surface area contributed by atoms with Gasteiger partial charge in [0.2, 0.25) is 0 Å². The third kappa shape index (κ3) is 4.50. The molecular weight excluding hydrogens is 272 g/mol. The summed E-state index contributed by atoms with van der Waals surface area (Å²) in [4.78, 5) is 0. The molecule has 1 aromatic carbocycles. The predicted molar refractivity (Wildman–Crippen MR) is 89.4 cm³/mol. The molecule has 1 aliphatic rings. The number of anilines is 1. The van der Waals surface area contributed by atoms with Gasteiger partial charge in [0.25, 0.3) is 0 Å². The van der Waals surface area contributed by atoms with Crippen molar-refractivity contribution in [3.05, 3.63) is 27.8 Å². The van der Waals surface area contributed by atoms with E-state index < -0.39 is 0 Å². The standard InChI is InChI=1S/C11H13ClN2O.C3H8.C2H6/c1-6-8(3-13)10(14)2-9(12)11(6)7-4-15-5-7;1-3-2;1-2/h2-3,7,13H,4-5,14H2,1H3;3H2,1-2H3;1-2H3. The number of nitrogens with one attached hydrogen (secondary N) is 1. The van der Waals surface area contributed by atoms with Crippen LogP contribution >= 0.6 is 11.6 Å². The molecule has 1 fully saturated rings. The van der Waals surface area contributed by atoms with Crippen molar-refractivity contribution >= 4 is 23.5 Å². The SMILES string of the molecule is CC.CCC.Cc1c(C=N)c(N)cc(Cl)c1C1COC1. The minimum atomic E-state index is 0.358. The van der Waals surface area contributed by atoms with Gasteiger partial charge in [-0.15, -0.1) is 0 Å². The van der Waals surface area contributed by atoms with E-state index in [2.05, 4.69) is 13.8 Å². The highest BCUT2D eigenvalue weighted by Crippen LogP contribution is 2.36. The van der Waals surface area contributed by atoms with Gasteiger partial charge in [-0.1, -0.05) is 45.7 Å². The molecule has 114 valence electrons. The van der Waals surface area contributed by atoms with E-state index in [1.54, 1.807) is 6.07 Å². The number of rotatable bonds is 2. The monoisotopic (exact) mass is 298 g/mol. The molecule has 0 saturated carbocycles. The summed E-state index contributed by atoms with van der Waals surface area (Å²) in [6.45, 7) is 11.6. The fourth-order valence-electron chi connectivity index (χ4n) is 1.93. The van der Waals surface area contributed by atoms with Gasteiger partial charge in [0.05, 0.1) is 13.2 Å². The Kier molecular flexibility index (Phi) is 9.26. The van der Waals surface area contributed by atoms with E-state index in [9.17, 15) is 0 Å². The van der Waals surface area contributed by atoms with Crippen molar-refractivity contribution in [1.29, 1.82) is 5.41 Å². The van der Waals surface area contributed by atoms with Gasteiger partial charge in [0.1, 0.15) is 0 Å². The molecule has 0 aromatic heterocycles. The molecule has 3 nitrogen and oxygen atoms in total. The number of benzene rings is 1. The normalized spacial score (nSPS) is 13.3. The summed E-state index contributed by atoms with van der Waals surface area (Å²) in [7, 11) is 0. The number of halogens is 1. The van der Waals surface area contributed by atoms with Crippen LogP contribution in [0, 0.1) is 12.3 Å². The van der Waals surface area contributed by atoms with Crippen LogP contribution in [0.3, 0.4) is 0 Å². The maximum atomic E-state index is 7.33. The number of ether oxygens (including phenoxy) is 1.